The van der Waals surface area contributed by atoms with Gasteiger partial charge in [0.1, 0.15) is 23.0 Å². The van der Waals surface area contributed by atoms with Crippen molar-refractivity contribution < 1.29 is 18.7 Å². The zero-order valence-corrected chi connectivity index (χ0v) is 18.0. The molecule has 0 aliphatic carbocycles. The third-order valence-electron chi connectivity index (χ3n) is 5.66. The second kappa shape index (κ2) is 8.78. The summed E-state index contributed by atoms with van der Waals surface area (Å²) in [6.07, 6.45) is 2.34. The number of hydrogen-bond acceptors (Lipinski definition) is 4. The summed E-state index contributed by atoms with van der Waals surface area (Å²) < 4.78 is 26.1. The van der Waals surface area contributed by atoms with Crippen LogP contribution in [0, 0.1) is 5.82 Å². The highest BCUT2D eigenvalue weighted by Crippen LogP contribution is 2.33. The fourth-order valence-electron chi connectivity index (χ4n) is 3.98. The maximum atomic E-state index is 13.5. The van der Waals surface area contributed by atoms with E-state index in [1.807, 2.05) is 48.5 Å². The first kappa shape index (κ1) is 20.8. The molecular weight excluding hydrogens is 421 g/mol. The lowest BCUT2D eigenvalue weighted by atomic mass is 10.00. The van der Waals surface area contributed by atoms with Gasteiger partial charge in [0.15, 0.2) is 0 Å². The Kier molecular flexibility index (Phi) is 5.52. The van der Waals surface area contributed by atoms with Gasteiger partial charge in [-0.25, -0.2) is 9.07 Å². The zero-order chi connectivity index (χ0) is 22.8. The average molecular weight is 443 g/mol. The molecule has 0 radical (unpaired) electrons. The van der Waals surface area contributed by atoms with Crippen LogP contribution in [-0.2, 0) is 0 Å². The van der Waals surface area contributed by atoms with Gasteiger partial charge in [-0.05, 0) is 42.5 Å². The number of nitrogens with zero attached hydrogens (tertiary/aromatic N) is 2. The van der Waals surface area contributed by atoms with Crippen LogP contribution < -0.4 is 14.8 Å². The number of hydrogen-bond donors (Lipinski definition) is 1. The topological polar surface area (TPSA) is 65.4 Å². The SMILES string of the molecule is COc1cccc(-c2nn(-c3ccc(F)cc3)cc2C(=O)N[C@H]2CCOc3ccccc32)c1. The number of para-hydroxylation sites is 1. The van der Waals surface area contributed by atoms with Gasteiger partial charge in [-0.15, -0.1) is 0 Å². The maximum Gasteiger partial charge on any atom is 0.255 e. The van der Waals surface area contributed by atoms with Crippen molar-refractivity contribution in [2.45, 2.75) is 12.5 Å². The van der Waals surface area contributed by atoms with Crippen LogP contribution in [0.5, 0.6) is 11.5 Å². The smallest absolute Gasteiger partial charge is 0.255 e. The number of halogens is 1. The third-order valence-corrected chi connectivity index (χ3v) is 5.66. The summed E-state index contributed by atoms with van der Waals surface area (Å²) in [4.78, 5) is 13.5. The van der Waals surface area contributed by atoms with Crippen LogP contribution in [0.3, 0.4) is 0 Å². The summed E-state index contributed by atoms with van der Waals surface area (Å²) in [5, 5.41) is 7.81. The van der Waals surface area contributed by atoms with E-state index in [0.29, 0.717) is 35.7 Å². The Bertz CT molecular complexity index is 1300. The Morgan fingerprint density at radius 2 is 1.94 bits per heavy atom. The summed E-state index contributed by atoms with van der Waals surface area (Å²) in [6.45, 7) is 0.527. The lowest BCUT2D eigenvalue weighted by Crippen LogP contribution is -2.32. The molecule has 0 fully saturated rings. The fourth-order valence-corrected chi connectivity index (χ4v) is 3.98. The quantitative estimate of drug-likeness (QED) is 0.475. The minimum Gasteiger partial charge on any atom is -0.497 e. The van der Waals surface area contributed by atoms with Crippen LogP contribution in [-0.4, -0.2) is 29.4 Å². The van der Waals surface area contributed by atoms with Crippen molar-refractivity contribution in [3.05, 3.63) is 95.9 Å². The first-order chi connectivity index (χ1) is 16.1. The summed E-state index contributed by atoms with van der Waals surface area (Å²) in [5.74, 6) is 0.857. The predicted molar refractivity (Wildman–Crippen MR) is 122 cm³/mol. The Morgan fingerprint density at radius 3 is 2.76 bits per heavy atom. The van der Waals surface area contributed by atoms with Crippen LogP contribution in [0.25, 0.3) is 16.9 Å². The van der Waals surface area contributed by atoms with Crippen molar-refractivity contribution >= 4 is 5.91 Å². The van der Waals surface area contributed by atoms with Crippen molar-refractivity contribution in [3.63, 3.8) is 0 Å². The Balaban J connectivity index is 1.54. The molecule has 0 bridgehead atoms. The molecule has 1 aliphatic heterocycles. The molecule has 0 unspecified atom stereocenters. The summed E-state index contributed by atoms with van der Waals surface area (Å²) in [6, 6.07) is 20.9. The van der Waals surface area contributed by atoms with Crippen molar-refractivity contribution in [2.75, 3.05) is 13.7 Å². The van der Waals surface area contributed by atoms with Gasteiger partial charge < -0.3 is 14.8 Å². The number of fused-ring (bicyclic) bond motifs is 1. The maximum absolute atomic E-state index is 13.5. The second-order valence-electron chi connectivity index (χ2n) is 7.75. The Labute approximate surface area is 190 Å². The van der Waals surface area contributed by atoms with Crippen LogP contribution in [0.1, 0.15) is 28.4 Å². The lowest BCUT2D eigenvalue weighted by Gasteiger charge is -2.26. The molecule has 0 saturated heterocycles. The van der Waals surface area contributed by atoms with Gasteiger partial charge in [0.05, 0.1) is 31.0 Å². The molecule has 5 rings (SSSR count). The first-order valence-electron chi connectivity index (χ1n) is 10.6. The highest BCUT2D eigenvalue weighted by molar-refractivity contribution is 6.00. The Morgan fingerprint density at radius 1 is 1.12 bits per heavy atom. The molecule has 1 atom stereocenters. The van der Waals surface area contributed by atoms with Gasteiger partial charge in [0.25, 0.3) is 5.91 Å². The van der Waals surface area contributed by atoms with E-state index < -0.39 is 0 Å². The number of carbonyl (C=O) groups excluding carboxylic acids is 1. The number of nitrogens with one attached hydrogen (secondary N) is 1. The molecule has 6 nitrogen and oxygen atoms in total. The van der Waals surface area contributed by atoms with E-state index in [1.54, 1.807) is 30.1 Å². The number of rotatable bonds is 5. The molecule has 0 saturated carbocycles. The van der Waals surface area contributed by atoms with Gasteiger partial charge in [-0.2, -0.15) is 5.10 Å². The molecular formula is C26H22FN3O3. The van der Waals surface area contributed by atoms with Crippen molar-refractivity contribution in [1.82, 2.24) is 15.1 Å². The van der Waals surface area contributed by atoms with Gasteiger partial charge in [0, 0.05) is 23.7 Å². The average Bonchev–Trinajstić information content (AvgIpc) is 3.30. The minimum atomic E-state index is -0.338. The lowest BCUT2D eigenvalue weighted by molar-refractivity contribution is 0.0925. The molecule has 7 heteroatoms. The molecule has 1 N–H and O–H groups in total. The van der Waals surface area contributed by atoms with E-state index in [-0.39, 0.29) is 17.8 Å². The van der Waals surface area contributed by atoms with E-state index in [1.165, 1.54) is 12.1 Å². The molecule has 4 aromatic rings. The van der Waals surface area contributed by atoms with Crippen molar-refractivity contribution in [2.24, 2.45) is 0 Å². The summed E-state index contributed by atoms with van der Waals surface area (Å²) in [5.41, 5.74) is 3.27. The van der Waals surface area contributed by atoms with E-state index in [2.05, 4.69) is 10.4 Å². The van der Waals surface area contributed by atoms with Gasteiger partial charge in [-0.1, -0.05) is 30.3 Å². The highest BCUT2D eigenvalue weighted by Gasteiger charge is 2.26. The fraction of sp³-hybridized carbons (Fsp3) is 0.154. The second-order valence-corrected chi connectivity index (χ2v) is 7.75. The van der Waals surface area contributed by atoms with E-state index in [9.17, 15) is 9.18 Å². The third kappa shape index (κ3) is 4.17. The number of ether oxygens (including phenoxy) is 2. The molecule has 3 aromatic carbocycles. The number of methoxy groups -OCH3 is 1. The van der Waals surface area contributed by atoms with Crippen molar-refractivity contribution in [3.8, 4) is 28.4 Å². The first-order valence-corrected chi connectivity index (χ1v) is 10.6. The van der Waals surface area contributed by atoms with Crippen LogP contribution in [0.2, 0.25) is 0 Å². The minimum absolute atomic E-state index is 0.171. The summed E-state index contributed by atoms with van der Waals surface area (Å²) >= 11 is 0. The highest BCUT2D eigenvalue weighted by atomic mass is 19.1. The predicted octanol–water partition coefficient (Wildman–Crippen LogP) is 4.94. The number of amides is 1. The van der Waals surface area contributed by atoms with Gasteiger partial charge in [0.2, 0.25) is 0 Å². The molecule has 0 spiro atoms. The zero-order valence-electron chi connectivity index (χ0n) is 18.0. The van der Waals surface area contributed by atoms with Crippen LogP contribution in [0.4, 0.5) is 4.39 Å². The standard InChI is InChI=1S/C26H22FN3O3/c1-32-20-6-4-5-17(15-20)25-22(16-30(29-25)19-11-9-18(27)10-12-19)26(31)28-23-13-14-33-24-8-3-2-7-21(23)24/h2-12,15-16,23H,13-14H2,1H3,(H,28,31)/t23-/m0/s1. The molecule has 1 aliphatic rings. The van der Waals surface area contributed by atoms with E-state index >= 15 is 0 Å². The number of carbonyl (C=O) groups is 1. The summed E-state index contributed by atoms with van der Waals surface area (Å²) in [7, 11) is 1.59. The molecule has 2 heterocycles. The molecule has 1 aromatic heterocycles. The molecule has 1 amide bonds. The monoisotopic (exact) mass is 443 g/mol. The Hall–Kier alpha value is -4.13. The van der Waals surface area contributed by atoms with E-state index in [0.717, 1.165) is 16.9 Å². The van der Waals surface area contributed by atoms with Crippen molar-refractivity contribution in [1.29, 1.82) is 0 Å². The number of aromatic nitrogens is 2. The van der Waals surface area contributed by atoms with Crippen LogP contribution in [0.15, 0.2) is 79.0 Å². The molecule has 33 heavy (non-hydrogen) atoms. The normalized spacial score (nSPS) is 14.8. The largest absolute Gasteiger partial charge is 0.497 e. The number of benzene rings is 3. The van der Waals surface area contributed by atoms with Crippen LogP contribution >= 0.6 is 0 Å². The molecule has 166 valence electrons. The van der Waals surface area contributed by atoms with Gasteiger partial charge in [-0.3, -0.25) is 4.79 Å². The van der Waals surface area contributed by atoms with Gasteiger partial charge >= 0.3 is 0 Å². The van der Waals surface area contributed by atoms with E-state index in [4.69, 9.17) is 9.47 Å².